The fourth-order valence-electron chi connectivity index (χ4n) is 3.36. The van der Waals surface area contributed by atoms with Crippen molar-refractivity contribution in [2.75, 3.05) is 6.61 Å². The number of hydrogen-bond donors (Lipinski definition) is 0. The van der Waals surface area contributed by atoms with E-state index in [1.54, 1.807) is 0 Å². The van der Waals surface area contributed by atoms with E-state index in [9.17, 15) is 4.79 Å². The Bertz CT molecular complexity index is 302. The summed E-state index contributed by atoms with van der Waals surface area (Å²) in [6, 6.07) is 0. The van der Waals surface area contributed by atoms with E-state index >= 15 is 0 Å². The third kappa shape index (κ3) is 8.03. The molecule has 0 radical (unpaired) electrons. The molecule has 2 nitrogen and oxygen atoms in total. The van der Waals surface area contributed by atoms with E-state index in [2.05, 4.69) is 27.7 Å². The van der Waals surface area contributed by atoms with Gasteiger partial charge in [0.25, 0.3) is 0 Å². The van der Waals surface area contributed by atoms with E-state index in [1.807, 2.05) is 13.0 Å². The van der Waals surface area contributed by atoms with Crippen LogP contribution in [0.4, 0.5) is 0 Å². The first-order chi connectivity index (χ1) is 10.6. The van der Waals surface area contributed by atoms with Crippen molar-refractivity contribution in [3.05, 3.63) is 9.67 Å². The molecule has 22 heavy (non-hydrogen) atoms. The van der Waals surface area contributed by atoms with Crippen LogP contribution in [-0.2, 0) is 9.53 Å². The van der Waals surface area contributed by atoms with Gasteiger partial charge in [-0.3, -0.25) is 0 Å². The summed E-state index contributed by atoms with van der Waals surface area (Å²) in [6.07, 6.45) is 10.8. The third-order valence-corrected chi connectivity index (χ3v) is 21.2. The molecule has 0 aromatic carbocycles. The molecule has 0 aliphatic heterocycles. The molecule has 0 bridgehead atoms. The predicted molar refractivity (Wildman–Crippen MR) is 99.9 cm³/mol. The number of carbonyl (C=O) groups is 1. The second kappa shape index (κ2) is 13.4. The first-order valence-corrected chi connectivity index (χ1v) is 17.0. The van der Waals surface area contributed by atoms with E-state index in [0.29, 0.717) is 6.61 Å². The SMILES string of the molecule is CCC[CH2][Sn]([CH2]CCC)([CH2]CCC)[C](=CC(=O)OCC)CC. The Labute approximate surface area is 143 Å². The van der Waals surface area contributed by atoms with Gasteiger partial charge in [-0.2, -0.15) is 0 Å². The first kappa shape index (κ1) is 22.0. The van der Waals surface area contributed by atoms with Crippen LogP contribution < -0.4 is 0 Å². The minimum atomic E-state index is -2.41. The summed E-state index contributed by atoms with van der Waals surface area (Å²) >= 11 is -2.41. The monoisotopic (exact) mass is 418 g/mol. The molecule has 0 unspecified atom stereocenters. The summed E-state index contributed by atoms with van der Waals surface area (Å²) in [6.45, 7) is 11.5. The quantitative estimate of drug-likeness (QED) is 0.201. The molecular formula is C19H38O2Sn. The molecule has 0 heterocycles. The van der Waals surface area contributed by atoms with Crippen molar-refractivity contribution < 1.29 is 9.53 Å². The van der Waals surface area contributed by atoms with Gasteiger partial charge in [-0.1, -0.05) is 0 Å². The van der Waals surface area contributed by atoms with Gasteiger partial charge in [0.15, 0.2) is 0 Å². The van der Waals surface area contributed by atoms with Gasteiger partial charge >= 0.3 is 143 Å². The summed E-state index contributed by atoms with van der Waals surface area (Å²) in [5.41, 5.74) is 0. The number of rotatable bonds is 13. The first-order valence-electron chi connectivity index (χ1n) is 9.47. The van der Waals surface area contributed by atoms with Crippen molar-refractivity contribution in [3.63, 3.8) is 0 Å². The van der Waals surface area contributed by atoms with E-state index < -0.39 is 18.4 Å². The van der Waals surface area contributed by atoms with E-state index in [0.717, 1.165) is 6.42 Å². The van der Waals surface area contributed by atoms with E-state index in [4.69, 9.17) is 4.74 Å². The van der Waals surface area contributed by atoms with Crippen molar-refractivity contribution in [2.24, 2.45) is 0 Å². The van der Waals surface area contributed by atoms with Crippen molar-refractivity contribution in [1.29, 1.82) is 0 Å². The third-order valence-electron chi connectivity index (χ3n) is 4.67. The predicted octanol–water partition coefficient (Wildman–Crippen LogP) is 6.27. The molecule has 0 fully saturated rings. The topological polar surface area (TPSA) is 26.3 Å². The molecule has 0 N–H and O–H groups in total. The van der Waals surface area contributed by atoms with Gasteiger partial charge < -0.3 is 0 Å². The molecule has 0 spiro atoms. The Morgan fingerprint density at radius 2 is 1.32 bits per heavy atom. The molecule has 0 saturated heterocycles. The van der Waals surface area contributed by atoms with Crippen molar-refractivity contribution in [2.45, 2.75) is 92.9 Å². The Morgan fingerprint density at radius 1 is 0.864 bits per heavy atom. The Balaban J connectivity index is 5.43. The van der Waals surface area contributed by atoms with Gasteiger partial charge in [0, 0.05) is 0 Å². The molecule has 0 aliphatic rings. The molecule has 0 amide bonds. The van der Waals surface area contributed by atoms with Gasteiger partial charge in [0.2, 0.25) is 0 Å². The van der Waals surface area contributed by atoms with Crippen LogP contribution in [0.25, 0.3) is 0 Å². The number of allylic oxidation sites excluding steroid dienone is 1. The zero-order valence-electron chi connectivity index (χ0n) is 15.7. The zero-order valence-corrected chi connectivity index (χ0v) is 18.5. The summed E-state index contributed by atoms with van der Waals surface area (Å²) in [5, 5.41) is 0. The Hall–Kier alpha value is 0.00870. The molecule has 0 saturated carbocycles. The molecule has 130 valence electrons. The van der Waals surface area contributed by atoms with Crippen LogP contribution in [0.2, 0.25) is 13.3 Å². The van der Waals surface area contributed by atoms with E-state index in [-0.39, 0.29) is 5.97 Å². The van der Waals surface area contributed by atoms with Gasteiger partial charge in [-0.05, 0) is 0 Å². The van der Waals surface area contributed by atoms with Crippen LogP contribution in [-0.4, -0.2) is 31.0 Å². The van der Waals surface area contributed by atoms with Crippen LogP contribution in [0.1, 0.15) is 79.6 Å². The Morgan fingerprint density at radius 3 is 1.64 bits per heavy atom. The van der Waals surface area contributed by atoms with Gasteiger partial charge in [-0.25, -0.2) is 0 Å². The van der Waals surface area contributed by atoms with Crippen molar-refractivity contribution in [1.82, 2.24) is 0 Å². The molecule has 0 rings (SSSR count). The number of ether oxygens (including phenoxy) is 1. The molecule has 0 aromatic rings. The van der Waals surface area contributed by atoms with Crippen LogP contribution in [0.3, 0.4) is 0 Å². The van der Waals surface area contributed by atoms with Gasteiger partial charge in [0.05, 0.1) is 0 Å². The average Bonchev–Trinajstić information content (AvgIpc) is 2.53. The van der Waals surface area contributed by atoms with Gasteiger partial charge in [0.1, 0.15) is 0 Å². The van der Waals surface area contributed by atoms with Gasteiger partial charge in [-0.15, -0.1) is 0 Å². The molecule has 3 heteroatoms. The van der Waals surface area contributed by atoms with E-state index in [1.165, 1.54) is 55.4 Å². The molecule has 0 aliphatic carbocycles. The summed E-state index contributed by atoms with van der Waals surface area (Å²) < 4.78 is 11.0. The van der Waals surface area contributed by atoms with Crippen LogP contribution in [0, 0.1) is 0 Å². The average molecular weight is 417 g/mol. The normalized spacial score (nSPS) is 12.5. The maximum absolute atomic E-state index is 12.0. The zero-order chi connectivity index (χ0) is 16.8. The van der Waals surface area contributed by atoms with Crippen molar-refractivity contribution in [3.8, 4) is 0 Å². The second-order valence-corrected chi connectivity index (χ2v) is 19.8. The maximum atomic E-state index is 12.0. The van der Waals surface area contributed by atoms with Crippen LogP contribution >= 0.6 is 0 Å². The Kier molecular flexibility index (Phi) is 13.5. The second-order valence-electron chi connectivity index (χ2n) is 6.37. The standard InChI is InChI=1S/C7H11O2.3C4H9.Sn/c1-3-5-6-7(8)9-4-2;3*1-3-4-2;/h6H,3-4H2,1-2H3;3*1,3-4H2,2H3;. The number of carbonyl (C=O) groups excluding carboxylic acids is 1. The fraction of sp³-hybridized carbons (Fsp3) is 0.842. The molecule has 0 atom stereocenters. The molecular weight excluding hydrogens is 379 g/mol. The summed E-state index contributed by atoms with van der Waals surface area (Å²) in [4.78, 5) is 12.0. The number of hydrogen-bond acceptors (Lipinski definition) is 2. The summed E-state index contributed by atoms with van der Waals surface area (Å²) in [5.74, 6) is -0.107. The van der Waals surface area contributed by atoms with Crippen molar-refractivity contribution >= 4 is 24.3 Å². The summed E-state index contributed by atoms with van der Waals surface area (Å²) in [7, 11) is 0. The number of unbranched alkanes of at least 4 members (excludes halogenated alkanes) is 3. The van der Waals surface area contributed by atoms with Crippen LogP contribution in [0.15, 0.2) is 9.67 Å². The molecule has 0 aromatic heterocycles. The number of esters is 1. The van der Waals surface area contributed by atoms with Crippen LogP contribution in [0.5, 0.6) is 0 Å². The fourth-order valence-corrected chi connectivity index (χ4v) is 20.4. The minimum absolute atomic E-state index is 0.107.